The Bertz CT molecular complexity index is 730. The van der Waals surface area contributed by atoms with Crippen LogP contribution in [-0.2, 0) is 16.4 Å². The molecule has 7 heteroatoms. The zero-order valence-electron chi connectivity index (χ0n) is 11.0. The summed E-state index contributed by atoms with van der Waals surface area (Å²) in [6.07, 6.45) is 0.362. The molecule has 0 spiro atoms. The minimum atomic E-state index is -3.80. The molecule has 2 aromatic rings. The number of benzene rings is 2. The molecule has 2 rings (SSSR count). The first kappa shape index (κ1) is 15.8. The van der Waals surface area contributed by atoms with Crippen LogP contribution in [0.15, 0.2) is 47.4 Å². The van der Waals surface area contributed by atoms with Crippen LogP contribution < -0.4 is 10.5 Å². The third-order valence-electron chi connectivity index (χ3n) is 2.86. The molecule has 0 bridgehead atoms. The van der Waals surface area contributed by atoms with E-state index in [1.807, 2.05) is 0 Å². The summed E-state index contributed by atoms with van der Waals surface area (Å²) in [6.45, 7) is 0.121. The van der Waals surface area contributed by atoms with Gasteiger partial charge in [0, 0.05) is 6.54 Å². The van der Waals surface area contributed by atoms with E-state index in [-0.39, 0.29) is 28.0 Å². The van der Waals surface area contributed by atoms with Gasteiger partial charge in [-0.15, -0.1) is 0 Å². The fraction of sp³-hybridized carbons (Fsp3) is 0.143. The molecule has 0 amide bonds. The Kier molecular flexibility index (Phi) is 4.82. The molecule has 0 aliphatic carbocycles. The average molecular weight is 329 g/mol. The van der Waals surface area contributed by atoms with Crippen molar-refractivity contribution in [3.8, 4) is 0 Å². The first-order valence-corrected chi connectivity index (χ1v) is 8.04. The molecular formula is C14H14ClFN2O2S. The summed E-state index contributed by atoms with van der Waals surface area (Å²) in [5.41, 5.74) is 6.44. The summed E-state index contributed by atoms with van der Waals surface area (Å²) < 4.78 is 39.8. The number of nitrogens with two attached hydrogens (primary N) is 1. The molecule has 0 aliphatic rings. The fourth-order valence-electron chi connectivity index (χ4n) is 1.90. The zero-order chi connectivity index (χ0) is 15.5. The summed E-state index contributed by atoms with van der Waals surface area (Å²) in [5.74, 6) is -0.356. The lowest BCUT2D eigenvalue weighted by Crippen LogP contribution is -2.27. The highest BCUT2D eigenvalue weighted by molar-refractivity contribution is 7.89. The zero-order valence-corrected chi connectivity index (χ0v) is 12.6. The molecule has 112 valence electrons. The Labute approximate surface area is 127 Å². The second-order valence-electron chi connectivity index (χ2n) is 4.44. The predicted octanol–water partition coefficient (Wildman–Crippen LogP) is 2.58. The molecule has 0 fully saturated rings. The molecule has 0 heterocycles. The molecule has 0 aliphatic heterocycles. The normalized spacial score (nSPS) is 11.5. The minimum Gasteiger partial charge on any atom is -0.398 e. The van der Waals surface area contributed by atoms with Gasteiger partial charge in [0.25, 0.3) is 0 Å². The van der Waals surface area contributed by atoms with Gasteiger partial charge < -0.3 is 5.73 Å². The van der Waals surface area contributed by atoms with Gasteiger partial charge in [0.1, 0.15) is 10.7 Å². The second-order valence-corrected chi connectivity index (χ2v) is 6.55. The highest BCUT2D eigenvalue weighted by Crippen LogP contribution is 2.26. The van der Waals surface area contributed by atoms with E-state index in [1.54, 1.807) is 18.2 Å². The van der Waals surface area contributed by atoms with E-state index in [1.165, 1.54) is 24.3 Å². The Morgan fingerprint density at radius 1 is 1.19 bits per heavy atom. The number of halogens is 2. The molecule has 0 unspecified atom stereocenters. The highest BCUT2D eigenvalue weighted by atomic mass is 35.5. The van der Waals surface area contributed by atoms with Crippen molar-refractivity contribution in [3.05, 3.63) is 58.9 Å². The first-order chi connectivity index (χ1) is 9.90. The minimum absolute atomic E-state index is 0.0632. The Morgan fingerprint density at radius 2 is 1.90 bits per heavy atom. The van der Waals surface area contributed by atoms with Crippen molar-refractivity contribution in [2.75, 3.05) is 12.3 Å². The molecule has 4 nitrogen and oxygen atoms in total. The summed E-state index contributed by atoms with van der Waals surface area (Å²) in [6, 6.07) is 10.5. The van der Waals surface area contributed by atoms with Crippen molar-refractivity contribution in [1.29, 1.82) is 0 Å². The van der Waals surface area contributed by atoms with Crippen molar-refractivity contribution in [1.82, 2.24) is 4.72 Å². The molecule has 21 heavy (non-hydrogen) atoms. The maximum atomic E-state index is 13.0. The lowest BCUT2D eigenvalue weighted by atomic mass is 10.1. The second kappa shape index (κ2) is 6.43. The van der Waals surface area contributed by atoms with Crippen molar-refractivity contribution < 1.29 is 12.8 Å². The Hall–Kier alpha value is -1.63. The van der Waals surface area contributed by atoms with Crippen LogP contribution in [0.1, 0.15) is 5.56 Å². The number of anilines is 1. The van der Waals surface area contributed by atoms with Crippen LogP contribution in [0.5, 0.6) is 0 Å². The monoisotopic (exact) mass is 328 g/mol. The van der Waals surface area contributed by atoms with E-state index < -0.39 is 10.0 Å². The molecule has 0 saturated carbocycles. The molecule has 0 atom stereocenters. The number of nitrogens with one attached hydrogen (secondary N) is 1. The molecule has 2 aromatic carbocycles. The molecule has 0 aromatic heterocycles. The number of rotatable bonds is 5. The highest BCUT2D eigenvalue weighted by Gasteiger charge is 2.20. The van der Waals surface area contributed by atoms with Crippen LogP contribution in [0, 0.1) is 5.82 Å². The van der Waals surface area contributed by atoms with E-state index >= 15 is 0 Å². The van der Waals surface area contributed by atoms with Crippen LogP contribution >= 0.6 is 11.6 Å². The van der Waals surface area contributed by atoms with E-state index in [0.717, 1.165) is 0 Å². The molecular weight excluding hydrogens is 315 g/mol. The smallest absolute Gasteiger partial charge is 0.244 e. The first-order valence-electron chi connectivity index (χ1n) is 6.18. The van der Waals surface area contributed by atoms with Gasteiger partial charge in [-0.05, 0) is 36.2 Å². The third-order valence-corrected chi connectivity index (χ3v) is 4.87. The topological polar surface area (TPSA) is 72.2 Å². The van der Waals surface area contributed by atoms with Gasteiger partial charge in [0.2, 0.25) is 10.0 Å². The number of hydrogen-bond donors (Lipinski definition) is 2. The van der Waals surface area contributed by atoms with E-state index in [9.17, 15) is 12.8 Å². The van der Waals surface area contributed by atoms with Crippen LogP contribution in [-0.4, -0.2) is 15.0 Å². The van der Waals surface area contributed by atoms with Gasteiger partial charge in [-0.1, -0.05) is 29.8 Å². The standard InChI is InChI=1S/C14H14ClFN2O2S/c15-12-5-2-6-13(17)14(12)21(19,20)18-8-7-10-3-1-4-11(16)9-10/h1-6,9,18H,7-8,17H2. The number of hydrogen-bond acceptors (Lipinski definition) is 3. The van der Waals surface area contributed by atoms with Gasteiger partial charge in [-0.2, -0.15) is 0 Å². The maximum Gasteiger partial charge on any atom is 0.244 e. The van der Waals surface area contributed by atoms with Crippen molar-refractivity contribution in [2.24, 2.45) is 0 Å². The number of nitrogen functional groups attached to an aromatic ring is 1. The van der Waals surface area contributed by atoms with Gasteiger partial charge in [0.15, 0.2) is 0 Å². The van der Waals surface area contributed by atoms with Crippen molar-refractivity contribution in [3.63, 3.8) is 0 Å². The van der Waals surface area contributed by atoms with Gasteiger partial charge in [-0.3, -0.25) is 0 Å². The molecule has 0 saturated heterocycles. The molecule has 3 N–H and O–H groups in total. The summed E-state index contributed by atoms with van der Waals surface area (Å²) in [7, 11) is -3.80. The van der Waals surface area contributed by atoms with Crippen LogP contribution in [0.4, 0.5) is 10.1 Å². The third kappa shape index (κ3) is 3.93. The van der Waals surface area contributed by atoms with Gasteiger partial charge >= 0.3 is 0 Å². The SMILES string of the molecule is Nc1cccc(Cl)c1S(=O)(=O)NCCc1cccc(F)c1. The Balaban J connectivity index is 2.09. The van der Waals surface area contributed by atoms with Crippen molar-refractivity contribution in [2.45, 2.75) is 11.3 Å². The summed E-state index contributed by atoms with van der Waals surface area (Å²) in [5, 5.41) is 0.0632. The van der Waals surface area contributed by atoms with E-state index in [0.29, 0.717) is 12.0 Å². The van der Waals surface area contributed by atoms with Gasteiger partial charge in [0.05, 0.1) is 10.7 Å². The molecule has 0 radical (unpaired) electrons. The number of sulfonamides is 1. The van der Waals surface area contributed by atoms with Gasteiger partial charge in [-0.25, -0.2) is 17.5 Å². The predicted molar refractivity (Wildman–Crippen MR) is 81.2 cm³/mol. The van der Waals surface area contributed by atoms with Crippen LogP contribution in [0.25, 0.3) is 0 Å². The quantitative estimate of drug-likeness (QED) is 0.829. The average Bonchev–Trinajstić information content (AvgIpc) is 2.38. The maximum absolute atomic E-state index is 13.0. The summed E-state index contributed by atoms with van der Waals surface area (Å²) in [4.78, 5) is -0.133. The van der Waals surface area contributed by atoms with Crippen LogP contribution in [0.3, 0.4) is 0 Å². The lowest BCUT2D eigenvalue weighted by Gasteiger charge is -2.10. The van der Waals surface area contributed by atoms with Crippen LogP contribution in [0.2, 0.25) is 5.02 Å². The Morgan fingerprint density at radius 3 is 2.57 bits per heavy atom. The van der Waals surface area contributed by atoms with E-state index in [4.69, 9.17) is 17.3 Å². The fourth-order valence-corrected chi connectivity index (χ4v) is 3.61. The summed E-state index contributed by atoms with van der Waals surface area (Å²) >= 11 is 5.88. The largest absolute Gasteiger partial charge is 0.398 e. The van der Waals surface area contributed by atoms with Crippen molar-refractivity contribution >= 4 is 27.3 Å². The van der Waals surface area contributed by atoms with E-state index in [2.05, 4.69) is 4.72 Å². The lowest BCUT2D eigenvalue weighted by molar-refractivity contribution is 0.582.